The molecule has 0 aliphatic carbocycles. The highest BCUT2D eigenvalue weighted by Gasteiger charge is 2.28. The lowest BCUT2D eigenvalue weighted by Gasteiger charge is -2.34. The molecule has 1 atom stereocenters. The number of nitrogens with zero attached hydrogens (tertiary/aromatic N) is 4. The number of hydrogen-bond acceptors (Lipinski definition) is 5. The van der Waals surface area contributed by atoms with Crippen LogP contribution >= 0.6 is 0 Å². The van der Waals surface area contributed by atoms with Crippen LogP contribution < -0.4 is 4.90 Å². The van der Waals surface area contributed by atoms with Gasteiger partial charge in [0.2, 0.25) is 0 Å². The minimum Gasteiger partial charge on any atom is -0.365 e. The van der Waals surface area contributed by atoms with Gasteiger partial charge >= 0.3 is 0 Å². The van der Waals surface area contributed by atoms with Gasteiger partial charge in [-0.15, -0.1) is 0 Å². The second-order valence-corrected chi connectivity index (χ2v) is 6.16. The number of aromatic nitrogens is 2. The summed E-state index contributed by atoms with van der Waals surface area (Å²) >= 11 is 0. The molecule has 122 valence electrons. The van der Waals surface area contributed by atoms with E-state index in [1.807, 2.05) is 13.0 Å². The van der Waals surface area contributed by atoms with E-state index in [1.54, 1.807) is 19.0 Å². The molecule has 0 aromatic carbocycles. The SMILES string of the molecule is Cc1cc(C)c2ccc(N3CCOC(C(=O)N(C)C)C3)nc2n1. The fourth-order valence-electron chi connectivity index (χ4n) is 2.89. The minimum atomic E-state index is -0.441. The predicted molar refractivity (Wildman–Crippen MR) is 89.7 cm³/mol. The van der Waals surface area contributed by atoms with Crippen LogP contribution in [-0.2, 0) is 9.53 Å². The van der Waals surface area contributed by atoms with Gasteiger partial charge in [-0.2, -0.15) is 0 Å². The number of carbonyl (C=O) groups is 1. The summed E-state index contributed by atoms with van der Waals surface area (Å²) in [6, 6.07) is 6.11. The van der Waals surface area contributed by atoms with Crippen molar-refractivity contribution in [2.24, 2.45) is 0 Å². The van der Waals surface area contributed by atoms with Gasteiger partial charge in [-0.1, -0.05) is 0 Å². The van der Waals surface area contributed by atoms with Crippen molar-refractivity contribution in [2.75, 3.05) is 38.7 Å². The Bertz CT molecular complexity index is 745. The average Bonchev–Trinajstić information content (AvgIpc) is 2.53. The van der Waals surface area contributed by atoms with E-state index in [0.717, 1.165) is 29.1 Å². The number of fused-ring (bicyclic) bond motifs is 1. The number of anilines is 1. The molecule has 0 spiro atoms. The number of hydrogen-bond donors (Lipinski definition) is 0. The van der Waals surface area contributed by atoms with Crippen molar-refractivity contribution < 1.29 is 9.53 Å². The molecule has 3 rings (SSSR count). The van der Waals surface area contributed by atoms with E-state index in [1.165, 1.54) is 5.56 Å². The summed E-state index contributed by atoms with van der Waals surface area (Å²) in [4.78, 5) is 25.0. The maximum absolute atomic E-state index is 12.1. The van der Waals surface area contributed by atoms with Crippen LogP contribution in [0.4, 0.5) is 5.82 Å². The van der Waals surface area contributed by atoms with Gasteiger partial charge in [-0.25, -0.2) is 9.97 Å². The van der Waals surface area contributed by atoms with E-state index in [-0.39, 0.29) is 5.91 Å². The standard InChI is InChI=1S/C17H22N4O2/c1-11-9-12(2)18-16-13(11)5-6-15(19-16)21-7-8-23-14(10-21)17(22)20(3)4/h5-6,9,14H,7-8,10H2,1-4H3. The van der Waals surface area contributed by atoms with Gasteiger partial charge in [-0.3, -0.25) is 4.79 Å². The fraction of sp³-hybridized carbons (Fsp3) is 0.471. The summed E-state index contributed by atoms with van der Waals surface area (Å²) in [5.41, 5.74) is 2.89. The fourth-order valence-corrected chi connectivity index (χ4v) is 2.89. The van der Waals surface area contributed by atoms with Crippen LogP contribution in [0.5, 0.6) is 0 Å². The largest absolute Gasteiger partial charge is 0.365 e. The topological polar surface area (TPSA) is 58.6 Å². The van der Waals surface area contributed by atoms with Gasteiger partial charge in [0.05, 0.1) is 13.2 Å². The van der Waals surface area contributed by atoms with E-state index < -0.39 is 6.10 Å². The molecule has 1 amide bonds. The van der Waals surface area contributed by atoms with Crippen LogP contribution in [0.25, 0.3) is 11.0 Å². The highest BCUT2D eigenvalue weighted by atomic mass is 16.5. The summed E-state index contributed by atoms with van der Waals surface area (Å²) in [5.74, 6) is 0.829. The lowest BCUT2D eigenvalue weighted by atomic mass is 10.1. The van der Waals surface area contributed by atoms with Gasteiger partial charge in [0.25, 0.3) is 5.91 Å². The Kier molecular flexibility index (Phi) is 4.17. The molecule has 2 aromatic heterocycles. The monoisotopic (exact) mass is 314 g/mol. The highest BCUT2D eigenvalue weighted by Crippen LogP contribution is 2.22. The number of rotatable bonds is 2. The first-order valence-corrected chi connectivity index (χ1v) is 7.78. The molecule has 1 aliphatic rings. The molecule has 0 radical (unpaired) electrons. The number of likely N-dealkylation sites (N-methyl/N-ethyl adjacent to an activating group) is 1. The highest BCUT2D eigenvalue weighted by molar-refractivity contribution is 5.82. The number of morpholine rings is 1. The molecular weight excluding hydrogens is 292 g/mol. The van der Waals surface area contributed by atoms with E-state index in [0.29, 0.717) is 13.2 Å². The van der Waals surface area contributed by atoms with Crippen molar-refractivity contribution >= 4 is 22.8 Å². The first kappa shape index (κ1) is 15.7. The van der Waals surface area contributed by atoms with Crippen LogP contribution in [0, 0.1) is 13.8 Å². The summed E-state index contributed by atoms with van der Waals surface area (Å²) in [5, 5.41) is 1.06. The molecule has 1 saturated heterocycles. The Labute approximate surface area is 136 Å². The van der Waals surface area contributed by atoms with Crippen molar-refractivity contribution in [2.45, 2.75) is 20.0 Å². The molecular formula is C17H22N4O2. The van der Waals surface area contributed by atoms with E-state index in [4.69, 9.17) is 9.72 Å². The van der Waals surface area contributed by atoms with Crippen LogP contribution in [0.15, 0.2) is 18.2 Å². The third-order valence-electron chi connectivity index (χ3n) is 4.10. The maximum atomic E-state index is 12.1. The molecule has 2 aromatic rings. The number of amides is 1. The zero-order chi connectivity index (χ0) is 16.6. The molecule has 3 heterocycles. The Morgan fingerprint density at radius 2 is 2.09 bits per heavy atom. The van der Waals surface area contributed by atoms with E-state index in [9.17, 15) is 4.79 Å². The molecule has 0 bridgehead atoms. The number of pyridine rings is 2. The Morgan fingerprint density at radius 1 is 1.30 bits per heavy atom. The first-order chi connectivity index (χ1) is 11.0. The third-order valence-corrected chi connectivity index (χ3v) is 4.10. The van der Waals surface area contributed by atoms with Gasteiger partial charge in [0.15, 0.2) is 11.8 Å². The minimum absolute atomic E-state index is 0.0136. The van der Waals surface area contributed by atoms with Crippen molar-refractivity contribution in [1.82, 2.24) is 14.9 Å². The first-order valence-electron chi connectivity index (χ1n) is 7.78. The molecule has 1 unspecified atom stereocenters. The van der Waals surface area contributed by atoms with Crippen molar-refractivity contribution in [3.8, 4) is 0 Å². The van der Waals surface area contributed by atoms with Gasteiger partial charge in [-0.05, 0) is 37.6 Å². The van der Waals surface area contributed by atoms with Crippen molar-refractivity contribution in [3.63, 3.8) is 0 Å². The van der Waals surface area contributed by atoms with Crippen molar-refractivity contribution in [1.29, 1.82) is 0 Å². The van der Waals surface area contributed by atoms with Crippen molar-refractivity contribution in [3.05, 3.63) is 29.5 Å². The zero-order valence-corrected chi connectivity index (χ0v) is 14.0. The molecule has 6 heteroatoms. The van der Waals surface area contributed by atoms with Crippen LogP contribution in [0.1, 0.15) is 11.3 Å². The predicted octanol–water partition coefficient (Wildman–Crippen LogP) is 1.54. The Hall–Kier alpha value is -2.21. The lowest BCUT2D eigenvalue weighted by Crippen LogP contribution is -2.49. The summed E-state index contributed by atoms with van der Waals surface area (Å²) in [6.07, 6.45) is -0.441. The summed E-state index contributed by atoms with van der Waals surface area (Å²) < 4.78 is 5.60. The van der Waals surface area contributed by atoms with Crippen LogP contribution in [0.2, 0.25) is 0 Å². The van der Waals surface area contributed by atoms with Crippen LogP contribution in [0.3, 0.4) is 0 Å². The average molecular weight is 314 g/mol. The normalized spacial score (nSPS) is 18.3. The quantitative estimate of drug-likeness (QED) is 0.841. The molecule has 1 aliphatic heterocycles. The molecule has 1 fully saturated rings. The van der Waals surface area contributed by atoms with Gasteiger partial charge in [0.1, 0.15) is 5.82 Å². The second kappa shape index (κ2) is 6.12. The van der Waals surface area contributed by atoms with Gasteiger partial charge < -0.3 is 14.5 Å². The molecule has 0 N–H and O–H groups in total. The lowest BCUT2D eigenvalue weighted by molar-refractivity contribution is -0.141. The van der Waals surface area contributed by atoms with Crippen LogP contribution in [-0.4, -0.2) is 60.7 Å². The second-order valence-electron chi connectivity index (χ2n) is 6.16. The molecule has 0 saturated carbocycles. The Morgan fingerprint density at radius 3 is 2.83 bits per heavy atom. The molecule has 6 nitrogen and oxygen atoms in total. The zero-order valence-electron chi connectivity index (χ0n) is 14.0. The summed E-state index contributed by atoms with van der Waals surface area (Å²) in [7, 11) is 3.49. The maximum Gasteiger partial charge on any atom is 0.253 e. The Balaban J connectivity index is 1.89. The van der Waals surface area contributed by atoms with E-state index >= 15 is 0 Å². The van der Waals surface area contributed by atoms with E-state index in [2.05, 4.69) is 28.9 Å². The summed E-state index contributed by atoms with van der Waals surface area (Å²) in [6.45, 7) is 5.80. The number of aryl methyl sites for hydroxylation is 2. The third kappa shape index (κ3) is 3.12. The number of ether oxygens (including phenoxy) is 1. The molecule has 23 heavy (non-hydrogen) atoms. The smallest absolute Gasteiger partial charge is 0.253 e. The number of carbonyl (C=O) groups excluding carboxylic acids is 1. The van der Waals surface area contributed by atoms with Gasteiger partial charge in [0, 0.05) is 31.7 Å².